The van der Waals surface area contributed by atoms with Crippen LogP contribution < -0.4 is 9.64 Å². The summed E-state index contributed by atoms with van der Waals surface area (Å²) in [5.74, 6) is 0.421. The van der Waals surface area contributed by atoms with Crippen LogP contribution in [0.2, 0.25) is 0 Å². The minimum absolute atomic E-state index is 0.0274. The lowest BCUT2D eigenvalue weighted by atomic mass is 10.2. The zero-order valence-corrected chi connectivity index (χ0v) is 17.8. The number of benzene rings is 3. The quantitative estimate of drug-likeness (QED) is 0.212. The lowest BCUT2D eigenvalue weighted by Gasteiger charge is -2.13. The molecule has 0 saturated carbocycles. The second-order valence-corrected chi connectivity index (χ2v) is 8.27. The van der Waals surface area contributed by atoms with Crippen LogP contribution in [0, 0.1) is 10.1 Å². The maximum atomic E-state index is 12.8. The number of rotatable bonds is 6. The Morgan fingerprint density at radius 3 is 2.39 bits per heavy atom. The van der Waals surface area contributed by atoms with Crippen LogP contribution >= 0.6 is 24.0 Å². The molecule has 0 unspecified atom stereocenters. The number of amides is 1. The van der Waals surface area contributed by atoms with Crippen molar-refractivity contribution in [2.75, 3.05) is 4.90 Å². The van der Waals surface area contributed by atoms with Crippen molar-refractivity contribution in [2.24, 2.45) is 0 Å². The number of nitrogens with zero attached hydrogens (tertiary/aromatic N) is 2. The van der Waals surface area contributed by atoms with E-state index in [1.54, 1.807) is 36.4 Å². The number of thioether (sulfide) groups is 1. The molecule has 154 valence electrons. The maximum absolute atomic E-state index is 12.8. The summed E-state index contributed by atoms with van der Waals surface area (Å²) in [6.07, 6.45) is 1.79. The van der Waals surface area contributed by atoms with E-state index in [9.17, 15) is 14.9 Å². The third kappa shape index (κ3) is 4.65. The van der Waals surface area contributed by atoms with Crippen LogP contribution in [-0.2, 0) is 11.4 Å². The van der Waals surface area contributed by atoms with E-state index in [0.717, 1.165) is 11.3 Å². The minimum atomic E-state index is -0.423. The third-order valence-electron chi connectivity index (χ3n) is 4.57. The van der Waals surface area contributed by atoms with Crippen molar-refractivity contribution in [3.05, 3.63) is 105 Å². The number of carbonyl (C=O) groups is 1. The second kappa shape index (κ2) is 9.11. The van der Waals surface area contributed by atoms with Gasteiger partial charge in [0.2, 0.25) is 0 Å². The third-order valence-corrected chi connectivity index (χ3v) is 5.87. The molecule has 8 heteroatoms. The van der Waals surface area contributed by atoms with Crippen molar-refractivity contribution in [1.82, 2.24) is 0 Å². The first-order valence-electron chi connectivity index (χ1n) is 9.31. The predicted octanol–water partition coefficient (Wildman–Crippen LogP) is 5.58. The molecule has 1 fully saturated rings. The molecular formula is C23H16N2O4S2. The molecule has 3 aromatic rings. The number of thiocarbonyl (C=S) groups is 1. The molecule has 0 aromatic heterocycles. The fourth-order valence-corrected chi connectivity index (χ4v) is 4.35. The molecule has 1 heterocycles. The van der Waals surface area contributed by atoms with Crippen LogP contribution in [0.15, 0.2) is 83.8 Å². The summed E-state index contributed by atoms with van der Waals surface area (Å²) in [6, 6.07) is 22.9. The molecule has 6 nitrogen and oxygen atoms in total. The number of hydrogen-bond acceptors (Lipinski definition) is 6. The lowest BCUT2D eigenvalue weighted by Crippen LogP contribution is -2.27. The van der Waals surface area contributed by atoms with Crippen LogP contribution in [0.3, 0.4) is 0 Å². The number of anilines is 1. The number of hydrogen-bond donors (Lipinski definition) is 0. The average Bonchev–Trinajstić information content (AvgIpc) is 3.06. The summed E-state index contributed by atoms with van der Waals surface area (Å²) in [4.78, 5) is 25.6. The first-order valence-corrected chi connectivity index (χ1v) is 10.5. The Hall–Kier alpha value is -3.49. The van der Waals surface area contributed by atoms with Crippen molar-refractivity contribution in [3.8, 4) is 5.75 Å². The van der Waals surface area contributed by atoms with E-state index in [1.165, 1.54) is 22.7 Å². The van der Waals surface area contributed by atoms with Crippen molar-refractivity contribution >= 4 is 51.7 Å². The SMILES string of the molecule is O=C1/C(=C/c2ccc(OCc3ccccc3[N+](=O)[O-])cc2)SC(=S)N1c1ccccc1. The molecule has 0 radical (unpaired) electrons. The summed E-state index contributed by atoms with van der Waals surface area (Å²) in [6.45, 7) is 0.0895. The highest BCUT2D eigenvalue weighted by atomic mass is 32.2. The number of nitro benzene ring substituents is 1. The molecule has 0 bridgehead atoms. The van der Waals surface area contributed by atoms with Gasteiger partial charge in [0.1, 0.15) is 12.4 Å². The molecule has 1 aliphatic heterocycles. The Morgan fingerprint density at radius 2 is 1.68 bits per heavy atom. The fourth-order valence-electron chi connectivity index (χ4n) is 3.05. The Kier molecular flexibility index (Phi) is 6.11. The normalized spacial score (nSPS) is 14.8. The minimum Gasteiger partial charge on any atom is -0.489 e. The molecule has 0 atom stereocenters. The average molecular weight is 449 g/mol. The highest BCUT2D eigenvalue weighted by Gasteiger charge is 2.33. The highest BCUT2D eigenvalue weighted by Crippen LogP contribution is 2.36. The van der Waals surface area contributed by atoms with E-state index in [4.69, 9.17) is 17.0 Å². The van der Waals surface area contributed by atoms with Gasteiger partial charge in [0.25, 0.3) is 11.6 Å². The predicted molar refractivity (Wildman–Crippen MR) is 126 cm³/mol. The Morgan fingerprint density at radius 1 is 1.00 bits per heavy atom. The summed E-state index contributed by atoms with van der Waals surface area (Å²) in [5, 5.41) is 11.1. The molecule has 0 N–H and O–H groups in total. The zero-order valence-electron chi connectivity index (χ0n) is 16.1. The van der Waals surface area contributed by atoms with Gasteiger partial charge in [-0.2, -0.15) is 0 Å². The van der Waals surface area contributed by atoms with Crippen LogP contribution in [0.1, 0.15) is 11.1 Å². The smallest absolute Gasteiger partial charge is 0.276 e. The molecular weight excluding hydrogens is 432 g/mol. The molecule has 0 spiro atoms. The van der Waals surface area contributed by atoms with Gasteiger partial charge >= 0.3 is 0 Å². The van der Waals surface area contributed by atoms with Gasteiger partial charge in [-0.15, -0.1) is 0 Å². The maximum Gasteiger partial charge on any atom is 0.276 e. The second-order valence-electron chi connectivity index (χ2n) is 6.60. The van der Waals surface area contributed by atoms with Gasteiger partial charge in [0.15, 0.2) is 4.32 Å². The van der Waals surface area contributed by atoms with Gasteiger partial charge < -0.3 is 4.74 Å². The summed E-state index contributed by atoms with van der Waals surface area (Å²) in [5.41, 5.74) is 2.10. The Balaban J connectivity index is 1.45. The van der Waals surface area contributed by atoms with E-state index < -0.39 is 4.92 Å². The summed E-state index contributed by atoms with van der Waals surface area (Å²) < 4.78 is 6.19. The van der Waals surface area contributed by atoms with Crippen LogP contribution in [0.25, 0.3) is 6.08 Å². The topological polar surface area (TPSA) is 72.7 Å². The molecule has 1 aliphatic rings. The summed E-state index contributed by atoms with van der Waals surface area (Å²) in [7, 11) is 0. The molecule has 4 rings (SSSR count). The molecule has 1 amide bonds. The van der Waals surface area contributed by atoms with E-state index >= 15 is 0 Å². The first kappa shape index (κ1) is 20.8. The van der Waals surface area contributed by atoms with Gasteiger partial charge in [0.05, 0.1) is 21.1 Å². The number of carbonyl (C=O) groups excluding carboxylic acids is 1. The van der Waals surface area contributed by atoms with Gasteiger partial charge in [-0.05, 0) is 42.0 Å². The Bertz CT molecular complexity index is 1180. The standard InChI is InChI=1S/C23H16N2O4S2/c26-22-21(31-23(30)24(22)18-7-2-1-3-8-18)14-16-10-12-19(13-11-16)29-15-17-6-4-5-9-20(17)25(27)28/h1-14H,15H2/b21-14-. The van der Waals surface area contributed by atoms with E-state index in [2.05, 4.69) is 0 Å². The highest BCUT2D eigenvalue weighted by molar-refractivity contribution is 8.27. The van der Waals surface area contributed by atoms with E-state index in [1.807, 2.05) is 42.5 Å². The van der Waals surface area contributed by atoms with Crippen molar-refractivity contribution in [2.45, 2.75) is 6.61 Å². The first-order chi connectivity index (χ1) is 15.0. The van der Waals surface area contributed by atoms with Gasteiger partial charge in [-0.3, -0.25) is 19.8 Å². The van der Waals surface area contributed by atoms with Gasteiger partial charge in [0, 0.05) is 6.07 Å². The monoisotopic (exact) mass is 448 g/mol. The largest absolute Gasteiger partial charge is 0.489 e. The number of nitro groups is 1. The van der Waals surface area contributed by atoms with Crippen molar-refractivity contribution < 1.29 is 14.5 Å². The van der Waals surface area contributed by atoms with E-state index in [-0.39, 0.29) is 18.2 Å². The van der Waals surface area contributed by atoms with Crippen molar-refractivity contribution in [3.63, 3.8) is 0 Å². The summed E-state index contributed by atoms with van der Waals surface area (Å²) >= 11 is 6.64. The molecule has 3 aromatic carbocycles. The molecule has 31 heavy (non-hydrogen) atoms. The zero-order chi connectivity index (χ0) is 21.8. The van der Waals surface area contributed by atoms with Gasteiger partial charge in [-0.25, -0.2) is 0 Å². The number of para-hydroxylation sites is 2. The molecule has 1 saturated heterocycles. The van der Waals surface area contributed by atoms with Crippen LogP contribution in [0.5, 0.6) is 5.75 Å². The number of ether oxygens (including phenoxy) is 1. The Labute approximate surface area is 188 Å². The lowest BCUT2D eigenvalue weighted by molar-refractivity contribution is -0.385. The fraction of sp³-hybridized carbons (Fsp3) is 0.0435. The molecule has 0 aliphatic carbocycles. The van der Waals surface area contributed by atoms with E-state index in [0.29, 0.717) is 20.5 Å². The van der Waals surface area contributed by atoms with Crippen LogP contribution in [-0.4, -0.2) is 15.2 Å². The van der Waals surface area contributed by atoms with Crippen LogP contribution in [0.4, 0.5) is 11.4 Å². The van der Waals surface area contributed by atoms with Crippen molar-refractivity contribution in [1.29, 1.82) is 0 Å². The van der Waals surface area contributed by atoms with Gasteiger partial charge in [-0.1, -0.05) is 66.4 Å².